The van der Waals surface area contributed by atoms with Gasteiger partial charge >= 0.3 is 5.97 Å². The van der Waals surface area contributed by atoms with Crippen molar-refractivity contribution in [1.82, 2.24) is 9.78 Å². The van der Waals surface area contributed by atoms with Gasteiger partial charge in [-0.25, -0.2) is 0 Å². The van der Waals surface area contributed by atoms with Crippen LogP contribution in [0.4, 0.5) is 0 Å². The molecule has 0 radical (unpaired) electrons. The fourth-order valence-corrected chi connectivity index (χ4v) is 2.10. The lowest BCUT2D eigenvalue weighted by atomic mass is 9.64. The minimum absolute atomic E-state index is 0.641. The van der Waals surface area contributed by atoms with Crippen LogP contribution in [-0.4, -0.2) is 20.9 Å². The standard InChI is InChI=1S/C10H14N2O2/c1-7-8(6-11-12(7)2)10(9(13)14)4-3-5-10/h6H,3-5H2,1-2H3,(H,13,14). The Morgan fingerprint density at radius 1 is 1.64 bits per heavy atom. The Hall–Kier alpha value is -1.32. The first-order chi connectivity index (χ1) is 6.58. The van der Waals surface area contributed by atoms with E-state index in [0.29, 0.717) is 0 Å². The van der Waals surface area contributed by atoms with Crippen LogP contribution in [-0.2, 0) is 17.3 Å². The van der Waals surface area contributed by atoms with Gasteiger partial charge in [-0.3, -0.25) is 9.48 Å². The summed E-state index contributed by atoms with van der Waals surface area (Å²) in [5.74, 6) is -0.708. The molecule has 1 heterocycles. The van der Waals surface area contributed by atoms with Gasteiger partial charge in [-0.15, -0.1) is 0 Å². The zero-order chi connectivity index (χ0) is 10.3. The van der Waals surface area contributed by atoms with Gasteiger partial charge in [-0.05, 0) is 19.8 Å². The number of aryl methyl sites for hydroxylation is 1. The average Bonchev–Trinajstić information content (AvgIpc) is 2.33. The van der Waals surface area contributed by atoms with Crippen molar-refractivity contribution in [2.24, 2.45) is 7.05 Å². The lowest BCUT2D eigenvalue weighted by molar-refractivity contribution is -0.147. The highest BCUT2D eigenvalue weighted by molar-refractivity contribution is 5.82. The lowest BCUT2D eigenvalue weighted by Crippen LogP contribution is -2.42. The van der Waals surface area contributed by atoms with Gasteiger partial charge in [0.15, 0.2) is 0 Å². The molecule has 4 heteroatoms. The van der Waals surface area contributed by atoms with Crippen LogP contribution >= 0.6 is 0 Å². The van der Waals surface area contributed by atoms with Crippen molar-refractivity contribution in [3.8, 4) is 0 Å². The molecule has 1 aliphatic rings. The van der Waals surface area contributed by atoms with Gasteiger partial charge in [0.05, 0.1) is 11.6 Å². The van der Waals surface area contributed by atoms with Crippen molar-refractivity contribution in [1.29, 1.82) is 0 Å². The number of aliphatic carboxylic acids is 1. The third-order valence-corrected chi connectivity index (χ3v) is 3.37. The average molecular weight is 194 g/mol. The van der Waals surface area contributed by atoms with Crippen molar-refractivity contribution in [2.45, 2.75) is 31.6 Å². The Morgan fingerprint density at radius 3 is 2.57 bits per heavy atom. The first kappa shape index (κ1) is 9.24. The van der Waals surface area contributed by atoms with Crippen molar-refractivity contribution in [3.05, 3.63) is 17.5 Å². The molecule has 0 saturated heterocycles. The van der Waals surface area contributed by atoms with E-state index in [-0.39, 0.29) is 0 Å². The topological polar surface area (TPSA) is 55.1 Å². The summed E-state index contributed by atoms with van der Waals surface area (Å²) < 4.78 is 1.73. The summed E-state index contributed by atoms with van der Waals surface area (Å²) in [6, 6.07) is 0. The molecular formula is C10H14N2O2. The second-order valence-corrected chi connectivity index (χ2v) is 4.01. The van der Waals surface area contributed by atoms with Crippen LogP contribution in [0.1, 0.15) is 30.5 Å². The number of carboxylic acids is 1. The van der Waals surface area contributed by atoms with Crippen LogP contribution in [0.3, 0.4) is 0 Å². The molecule has 1 aromatic heterocycles. The first-order valence-corrected chi connectivity index (χ1v) is 4.80. The Labute approximate surface area is 82.5 Å². The van der Waals surface area contributed by atoms with Crippen LogP contribution in [0, 0.1) is 6.92 Å². The first-order valence-electron chi connectivity index (χ1n) is 4.80. The molecule has 0 spiro atoms. The third kappa shape index (κ3) is 0.997. The molecule has 2 rings (SSSR count). The van der Waals surface area contributed by atoms with Crippen LogP contribution < -0.4 is 0 Å². The summed E-state index contributed by atoms with van der Waals surface area (Å²) in [4.78, 5) is 11.2. The fraction of sp³-hybridized carbons (Fsp3) is 0.600. The lowest BCUT2D eigenvalue weighted by Gasteiger charge is -2.37. The number of nitrogens with zero attached hydrogens (tertiary/aromatic N) is 2. The Morgan fingerprint density at radius 2 is 2.29 bits per heavy atom. The molecular weight excluding hydrogens is 180 g/mol. The maximum Gasteiger partial charge on any atom is 0.314 e. The highest BCUT2D eigenvalue weighted by Gasteiger charge is 2.47. The highest BCUT2D eigenvalue weighted by atomic mass is 16.4. The predicted molar refractivity (Wildman–Crippen MR) is 51.1 cm³/mol. The largest absolute Gasteiger partial charge is 0.481 e. The SMILES string of the molecule is Cc1c(C2(C(=O)O)CCC2)cnn1C. The number of rotatable bonds is 2. The predicted octanol–water partition coefficient (Wildman–Crippen LogP) is 1.23. The molecule has 1 saturated carbocycles. The van der Waals surface area contributed by atoms with E-state index in [9.17, 15) is 9.90 Å². The van der Waals surface area contributed by atoms with Crippen LogP contribution in [0.2, 0.25) is 0 Å². The smallest absolute Gasteiger partial charge is 0.314 e. The molecule has 1 aliphatic carbocycles. The van der Waals surface area contributed by atoms with E-state index in [2.05, 4.69) is 5.10 Å². The van der Waals surface area contributed by atoms with E-state index in [4.69, 9.17) is 0 Å². The van der Waals surface area contributed by atoms with Gasteiger partial charge in [0, 0.05) is 18.3 Å². The van der Waals surface area contributed by atoms with E-state index < -0.39 is 11.4 Å². The van der Waals surface area contributed by atoms with Crippen LogP contribution in [0.25, 0.3) is 0 Å². The molecule has 0 unspecified atom stereocenters. The number of aromatic nitrogens is 2. The molecule has 1 N–H and O–H groups in total. The van der Waals surface area contributed by atoms with E-state index in [1.165, 1.54) is 0 Å². The molecule has 0 bridgehead atoms. The van der Waals surface area contributed by atoms with Gasteiger partial charge in [0.1, 0.15) is 0 Å². The van der Waals surface area contributed by atoms with E-state index >= 15 is 0 Å². The monoisotopic (exact) mass is 194 g/mol. The minimum Gasteiger partial charge on any atom is -0.481 e. The van der Waals surface area contributed by atoms with Gasteiger partial charge < -0.3 is 5.11 Å². The summed E-state index contributed by atoms with van der Waals surface area (Å²) >= 11 is 0. The second-order valence-electron chi connectivity index (χ2n) is 4.01. The molecule has 14 heavy (non-hydrogen) atoms. The maximum absolute atomic E-state index is 11.2. The number of carbonyl (C=O) groups is 1. The molecule has 1 aromatic rings. The number of carboxylic acid groups (broad SMARTS) is 1. The van der Waals surface area contributed by atoms with Crippen molar-refractivity contribution >= 4 is 5.97 Å². The van der Waals surface area contributed by atoms with E-state index in [0.717, 1.165) is 30.5 Å². The fourth-order valence-electron chi connectivity index (χ4n) is 2.10. The highest BCUT2D eigenvalue weighted by Crippen LogP contribution is 2.44. The zero-order valence-electron chi connectivity index (χ0n) is 8.45. The van der Waals surface area contributed by atoms with E-state index in [1.54, 1.807) is 10.9 Å². The number of hydrogen-bond donors (Lipinski definition) is 1. The summed E-state index contributed by atoms with van der Waals surface area (Å²) in [5.41, 5.74) is 1.21. The Bertz CT molecular complexity index is 377. The summed E-state index contributed by atoms with van der Waals surface area (Å²) in [7, 11) is 1.84. The molecule has 0 aliphatic heterocycles. The Kier molecular flexibility index (Phi) is 1.87. The number of hydrogen-bond acceptors (Lipinski definition) is 2. The third-order valence-electron chi connectivity index (χ3n) is 3.37. The minimum atomic E-state index is -0.708. The molecule has 0 atom stereocenters. The summed E-state index contributed by atoms with van der Waals surface area (Å²) in [6.45, 7) is 1.92. The van der Waals surface area contributed by atoms with Gasteiger partial charge in [-0.2, -0.15) is 5.10 Å². The normalized spacial score (nSPS) is 19.0. The zero-order valence-corrected chi connectivity index (χ0v) is 8.45. The molecule has 4 nitrogen and oxygen atoms in total. The van der Waals surface area contributed by atoms with E-state index in [1.807, 2.05) is 14.0 Å². The molecule has 76 valence electrons. The van der Waals surface area contributed by atoms with Gasteiger partial charge in [-0.1, -0.05) is 6.42 Å². The summed E-state index contributed by atoms with van der Waals surface area (Å²) in [6.07, 6.45) is 4.19. The van der Waals surface area contributed by atoms with Crippen molar-refractivity contribution in [3.63, 3.8) is 0 Å². The molecule has 0 aromatic carbocycles. The Balaban J connectivity index is 2.47. The quantitative estimate of drug-likeness (QED) is 0.770. The van der Waals surface area contributed by atoms with Gasteiger partial charge in [0.2, 0.25) is 0 Å². The summed E-state index contributed by atoms with van der Waals surface area (Å²) in [5, 5.41) is 13.3. The van der Waals surface area contributed by atoms with Crippen molar-refractivity contribution in [2.75, 3.05) is 0 Å². The van der Waals surface area contributed by atoms with Crippen LogP contribution in [0.15, 0.2) is 6.20 Å². The van der Waals surface area contributed by atoms with Crippen molar-refractivity contribution < 1.29 is 9.90 Å². The molecule has 1 fully saturated rings. The van der Waals surface area contributed by atoms with Gasteiger partial charge in [0.25, 0.3) is 0 Å². The molecule has 0 amide bonds. The maximum atomic E-state index is 11.2. The van der Waals surface area contributed by atoms with Crippen LogP contribution in [0.5, 0.6) is 0 Å². The second kappa shape index (κ2) is 2.83.